The van der Waals surface area contributed by atoms with E-state index in [0.717, 1.165) is 12.1 Å². The van der Waals surface area contributed by atoms with Gasteiger partial charge >= 0.3 is 6.18 Å². The first kappa shape index (κ1) is 20.4. The predicted molar refractivity (Wildman–Crippen MR) is 81.1 cm³/mol. The van der Waals surface area contributed by atoms with Crippen LogP contribution in [0, 0.1) is 11.6 Å². The molecule has 23 heavy (non-hydrogen) atoms. The lowest BCUT2D eigenvalue weighted by Crippen LogP contribution is -2.45. The van der Waals surface area contributed by atoms with Gasteiger partial charge in [-0.2, -0.15) is 13.2 Å². The minimum Gasteiger partial charge on any atom is -0.314 e. The minimum atomic E-state index is -4.36. The second-order valence-corrected chi connectivity index (χ2v) is 5.59. The summed E-state index contributed by atoms with van der Waals surface area (Å²) in [6.07, 6.45) is -5.79. The molecule has 0 bridgehead atoms. The summed E-state index contributed by atoms with van der Waals surface area (Å²) >= 11 is 5.82. The van der Waals surface area contributed by atoms with Crippen LogP contribution in [0.2, 0.25) is 5.02 Å². The first-order valence-electron chi connectivity index (χ1n) is 6.94. The molecule has 0 spiro atoms. The highest BCUT2D eigenvalue weighted by Gasteiger charge is 2.33. The Balaban J connectivity index is 0.00000264. The normalized spacial score (nSPS) is 17.7. The molecule has 132 valence electrons. The van der Waals surface area contributed by atoms with Gasteiger partial charge in [0.2, 0.25) is 0 Å². The van der Waals surface area contributed by atoms with Crippen LogP contribution in [0.5, 0.6) is 0 Å². The summed E-state index contributed by atoms with van der Waals surface area (Å²) < 4.78 is 65.3. The van der Waals surface area contributed by atoms with Crippen molar-refractivity contribution in [3.8, 4) is 0 Å². The predicted octanol–water partition coefficient (Wildman–Crippen LogP) is 4.33. The van der Waals surface area contributed by atoms with E-state index in [4.69, 9.17) is 11.6 Å². The number of halogens is 7. The summed E-state index contributed by atoms with van der Waals surface area (Å²) in [7, 11) is 0. The number of rotatable bonds is 4. The van der Waals surface area contributed by atoms with Gasteiger partial charge in [0, 0.05) is 44.2 Å². The summed E-state index contributed by atoms with van der Waals surface area (Å²) in [6.45, 7) is 2.07. The zero-order valence-corrected chi connectivity index (χ0v) is 13.7. The Morgan fingerprint density at radius 2 is 1.70 bits per heavy atom. The average Bonchev–Trinajstić information content (AvgIpc) is 2.46. The Morgan fingerprint density at radius 3 is 2.26 bits per heavy atom. The van der Waals surface area contributed by atoms with Crippen molar-refractivity contribution >= 4 is 24.0 Å². The van der Waals surface area contributed by atoms with Gasteiger partial charge in [-0.25, -0.2) is 8.78 Å². The van der Waals surface area contributed by atoms with E-state index in [1.54, 1.807) is 4.90 Å². The molecule has 1 saturated heterocycles. The average molecular weight is 379 g/mol. The summed E-state index contributed by atoms with van der Waals surface area (Å²) in [6, 6.07) is 0.880. The largest absolute Gasteiger partial charge is 0.389 e. The van der Waals surface area contributed by atoms with Gasteiger partial charge in [-0.05, 0) is 18.6 Å². The lowest BCUT2D eigenvalue weighted by atomic mass is 9.98. The van der Waals surface area contributed by atoms with E-state index in [1.807, 2.05) is 0 Å². The summed E-state index contributed by atoms with van der Waals surface area (Å²) in [5.41, 5.74) is -0.187. The van der Waals surface area contributed by atoms with Crippen molar-refractivity contribution in [2.75, 3.05) is 26.2 Å². The lowest BCUT2D eigenvalue weighted by Gasteiger charge is -2.36. The van der Waals surface area contributed by atoms with Gasteiger partial charge in [0.1, 0.15) is 11.6 Å². The van der Waals surface area contributed by atoms with E-state index in [1.165, 1.54) is 0 Å². The fourth-order valence-corrected chi connectivity index (χ4v) is 2.93. The molecule has 0 aromatic heterocycles. The second-order valence-electron chi connectivity index (χ2n) is 5.21. The van der Waals surface area contributed by atoms with Crippen LogP contribution >= 0.6 is 24.0 Å². The Bertz CT molecular complexity index is 519. The van der Waals surface area contributed by atoms with Crippen LogP contribution < -0.4 is 5.32 Å². The van der Waals surface area contributed by atoms with Crippen molar-refractivity contribution in [3.63, 3.8) is 0 Å². The molecular formula is C14H17Cl2F5N2. The van der Waals surface area contributed by atoms with Crippen LogP contribution in [-0.2, 0) is 0 Å². The van der Waals surface area contributed by atoms with Crippen molar-refractivity contribution in [1.29, 1.82) is 0 Å². The number of hydrogen-bond acceptors (Lipinski definition) is 2. The smallest absolute Gasteiger partial charge is 0.314 e. The number of hydrogen-bond donors (Lipinski definition) is 1. The number of benzene rings is 1. The molecule has 0 aliphatic carbocycles. The van der Waals surface area contributed by atoms with Gasteiger partial charge in [-0.3, -0.25) is 4.90 Å². The Hall–Kier alpha value is -0.630. The van der Waals surface area contributed by atoms with E-state index in [-0.39, 0.29) is 24.4 Å². The van der Waals surface area contributed by atoms with Crippen LogP contribution in [0.4, 0.5) is 22.0 Å². The van der Waals surface area contributed by atoms with Crippen molar-refractivity contribution in [1.82, 2.24) is 10.2 Å². The van der Waals surface area contributed by atoms with Gasteiger partial charge < -0.3 is 5.32 Å². The standard InChI is InChI=1S/C14H16ClF5N2.ClH/c15-13-10(17)2-1-9(16)12(13)11(3-4-14(18,19)20)22-7-5-21-6-8-22;/h1-2,11,21H,3-8H2;1H/t11-;/m1./s1. The van der Waals surface area contributed by atoms with Gasteiger partial charge in [0.25, 0.3) is 0 Å². The van der Waals surface area contributed by atoms with Gasteiger partial charge in [-0.1, -0.05) is 11.6 Å². The van der Waals surface area contributed by atoms with E-state index in [0.29, 0.717) is 26.2 Å². The maximum absolute atomic E-state index is 14.1. The van der Waals surface area contributed by atoms with Crippen LogP contribution in [0.3, 0.4) is 0 Å². The number of nitrogens with one attached hydrogen (secondary N) is 1. The molecule has 1 aliphatic heterocycles. The Morgan fingerprint density at radius 1 is 1.13 bits per heavy atom. The van der Waals surface area contributed by atoms with E-state index >= 15 is 0 Å². The van der Waals surface area contributed by atoms with Crippen LogP contribution in [-0.4, -0.2) is 37.3 Å². The molecule has 2 nitrogen and oxygen atoms in total. The summed E-state index contributed by atoms with van der Waals surface area (Å²) in [5, 5.41) is 2.63. The molecule has 1 aromatic rings. The fourth-order valence-electron chi connectivity index (χ4n) is 2.65. The van der Waals surface area contributed by atoms with Crippen molar-refractivity contribution in [2.45, 2.75) is 25.1 Å². The lowest BCUT2D eigenvalue weighted by molar-refractivity contribution is -0.138. The Kier molecular flexibility index (Phi) is 7.51. The quantitative estimate of drug-likeness (QED) is 0.619. The van der Waals surface area contributed by atoms with Gasteiger partial charge in [-0.15, -0.1) is 12.4 Å². The third-order valence-corrected chi connectivity index (χ3v) is 4.09. The van der Waals surface area contributed by atoms with E-state index in [2.05, 4.69) is 5.32 Å². The first-order valence-corrected chi connectivity index (χ1v) is 7.32. The zero-order valence-electron chi connectivity index (χ0n) is 12.1. The maximum atomic E-state index is 14.1. The molecule has 0 amide bonds. The molecule has 0 saturated carbocycles. The van der Waals surface area contributed by atoms with Crippen molar-refractivity contribution in [3.05, 3.63) is 34.4 Å². The highest BCUT2D eigenvalue weighted by molar-refractivity contribution is 6.31. The number of nitrogens with zero attached hydrogens (tertiary/aromatic N) is 1. The van der Waals surface area contributed by atoms with Crippen LogP contribution in [0.15, 0.2) is 12.1 Å². The molecule has 1 N–H and O–H groups in total. The molecule has 1 heterocycles. The Labute approximate surface area is 142 Å². The molecule has 2 rings (SSSR count). The highest BCUT2D eigenvalue weighted by atomic mass is 35.5. The SMILES string of the molecule is Cl.Fc1ccc(F)c([C@@H](CCC(F)(F)F)N2CCNCC2)c1Cl. The summed E-state index contributed by atoms with van der Waals surface area (Å²) in [5.74, 6) is -1.61. The number of piperazine rings is 1. The van der Waals surface area contributed by atoms with Crippen LogP contribution in [0.1, 0.15) is 24.4 Å². The van der Waals surface area contributed by atoms with Crippen molar-refractivity contribution < 1.29 is 22.0 Å². The number of alkyl halides is 3. The third kappa shape index (κ3) is 5.45. The van der Waals surface area contributed by atoms with E-state index in [9.17, 15) is 22.0 Å². The molecule has 1 aromatic carbocycles. The molecule has 1 aliphatic rings. The van der Waals surface area contributed by atoms with Gasteiger partial charge in [0.15, 0.2) is 0 Å². The zero-order chi connectivity index (χ0) is 16.3. The highest BCUT2D eigenvalue weighted by Crippen LogP contribution is 2.37. The summed E-state index contributed by atoms with van der Waals surface area (Å²) in [4.78, 5) is 1.71. The fraction of sp³-hybridized carbons (Fsp3) is 0.571. The van der Waals surface area contributed by atoms with Crippen LogP contribution in [0.25, 0.3) is 0 Å². The molecule has 1 atom stereocenters. The third-order valence-electron chi connectivity index (χ3n) is 3.71. The maximum Gasteiger partial charge on any atom is 0.389 e. The first-order chi connectivity index (χ1) is 10.3. The van der Waals surface area contributed by atoms with Crippen molar-refractivity contribution in [2.24, 2.45) is 0 Å². The second kappa shape index (κ2) is 8.46. The topological polar surface area (TPSA) is 15.3 Å². The molecule has 9 heteroatoms. The molecule has 1 fully saturated rings. The molecule has 0 unspecified atom stereocenters. The monoisotopic (exact) mass is 378 g/mol. The minimum absolute atomic E-state index is 0. The molecular weight excluding hydrogens is 362 g/mol. The van der Waals surface area contributed by atoms with Gasteiger partial charge in [0.05, 0.1) is 5.02 Å². The van der Waals surface area contributed by atoms with E-state index < -0.39 is 35.3 Å². The molecule has 0 radical (unpaired) electrons.